The number of rotatable bonds is 3. The van der Waals surface area contributed by atoms with E-state index in [-0.39, 0.29) is 0 Å². The summed E-state index contributed by atoms with van der Waals surface area (Å²) < 4.78 is 13.6. The van der Waals surface area contributed by atoms with Crippen molar-refractivity contribution in [2.75, 3.05) is 0 Å². The molecule has 0 aliphatic heterocycles. The summed E-state index contributed by atoms with van der Waals surface area (Å²) in [5, 5.41) is 20.1. The molecule has 20 heavy (non-hydrogen) atoms. The Bertz CT molecular complexity index is 567. The third-order valence-corrected chi connectivity index (χ3v) is 4.08. The van der Waals surface area contributed by atoms with Crippen LogP contribution in [0.2, 0.25) is 0 Å². The second kappa shape index (κ2) is 5.58. The number of benzene rings is 1. The van der Waals surface area contributed by atoms with Crippen molar-refractivity contribution in [3.8, 4) is 6.07 Å². The van der Waals surface area contributed by atoms with Crippen LogP contribution in [-0.4, -0.2) is 4.92 Å². The fourth-order valence-corrected chi connectivity index (χ4v) is 3.16. The van der Waals surface area contributed by atoms with Gasteiger partial charge in [-0.15, -0.1) is 0 Å². The summed E-state index contributed by atoms with van der Waals surface area (Å²) in [5.74, 6) is -0.337. The molecule has 1 aromatic carbocycles. The highest BCUT2D eigenvalue weighted by Gasteiger charge is 2.35. The molecule has 4 nitrogen and oxygen atoms in total. The highest BCUT2D eigenvalue weighted by molar-refractivity contribution is 5.35. The number of nitriles is 1. The van der Waals surface area contributed by atoms with E-state index in [4.69, 9.17) is 0 Å². The largest absolute Gasteiger partial charge is 0.304 e. The van der Waals surface area contributed by atoms with Crippen molar-refractivity contribution >= 4 is 5.69 Å². The van der Waals surface area contributed by atoms with Crippen molar-refractivity contribution in [2.24, 2.45) is 11.3 Å². The van der Waals surface area contributed by atoms with Crippen LogP contribution in [-0.2, 0) is 6.42 Å². The maximum atomic E-state index is 13.6. The smallest absolute Gasteiger partial charge is 0.258 e. The third-order valence-electron chi connectivity index (χ3n) is 4.08. The molecule has 1 aliphatic carbocycles. The average Bonchev–Trinajstić information content (AvgIpc) is 2.38. The zero-order valence-corrected chi connectivity index (χ0v) is 11.4. The molecule has 2 atom stereocenters. The van der Waals surface area contributed by atoms with Gasteiger partial charge in [0.1, 0.15) is 0 Å². The van der Waals surface area contributed by atoms with Gasteiger partial charge < -0.3 is 0 Å². The number of nitro groups is 1. The van der Waals surface area contributed by atoms with Crippen LogP contribution in [0.4, 0.5) is 10.1 Å². The van der Waals surface area contributed by atoms with E-state index < -0.39 is 21.8 Å². The van der Waals surface area contributed by atoms with Gasteiger partial charge in [0, 0.05) is 6.07 Å². The molecule has 0 saturated heterocycles. The molecule has 0 N–H and O–H groups in total. The first-order valence-electron chi connectivity index (χ1n) is 6.80. The van der Waals surface area contributed by atoms with Crippen LogP contribution in [0.5, 0.6) is 0 Å². The van der Waals surface area contributed by atoms with Crippen LogP contribution in [0.25, 0.3) is 0 Å². The Hall–Kier alpha value is -1.96. The SMILES string of the molecule is CC1CCCC(C#N)(Cc2ccc([N+](=O)[O-])c(F)c2)C1. The van der Waals surface area contributed by atoms with E-state index in [9.17, 15) is 19.8 Å². The minimum Gasteiger partial charge on any atom is -0.258 e. The standard InChI is InChI=1S/C15H17FN2O2/c1-11-3-2-6-15(8-11,10-17)9-12-4-5-14(18(19)20)13(16)7-12/h4-5,7,11H,2-3,6,8-9H2,1H3. The van der Waals surface area contributed by atoms with Gasteiger partial charge in [0.2, 0.25) is 5.82 Å². The summed E-state index contributed by atoms with van der Waals surface area (Å²) in [6.07, 6.45) is 4.21. The van der Waals surface area contributed by atoms with Gasteiger partial charge in [0.15, 0.2) is 0 Å². The molecular formula is C15H17FN2O2. The molecule has 5 heteroatoms. The third kappa shape index (κ3) is 2.96. The topological polar surface area (TPSA) is 66.9 Å². The van der Waals surface area contributed by atoms with E-state index in [1.807, 2.05) is 0 Å². The van der Waals surface area contributed by atoms with Crippen molar-refractivity contribution in [3.63, 3.8) is 0 Å². The Morgan fingerprint density at radius 2 is 2.35 bits per heavy atom. The summed E-state index contributed by atoms with van der Waals surface area (Å²) in [6, 6.07) is 6.33. The Morgan fingerprint density at radius 3 is 2.90 bits per heavy atom. The highest BCUT2D eigenvalue weighted by Crippen LogP contribution is 2.41. The van der Waals surface area contributed by atoms with E-state index in [0.717, 1.165) is 25.7 Å². The average molecular weight is 276 g/mol. The van der Waals surface area contributed by atoms with E-state index in [2.05, 4.69) is 13.0 Å². The van der Waals surface area contributed by atoms with Crippen molar-refractivity contribution in [1.82, 2.24) is 0 Å². The Balaban J connectivity index is 2.22. The summed E-state index contributed by atoms with van der Waals surface area (Å²) in [7, 11) is 0. The van der Waals surface area contributed by atoms with Crippen LogP contribution in [0, 0.1) is 38.6 Å². The normalized spacial score (nSPS) is 25.9. The molecule has 0 radical (unpaired) electrons. The lowest BCUT2D eigenvalue weighted by Gasteiger charge is -2.34. The predicted molar refractivity (Wildman–Crippen MR) is 72.4 cm³/mol. The second-order valence-corrected chi connectivity index (χ2v) is 5.81. The molecule has 2 rings (SSSR count). The molecule has 106 valence electrons. The van der Waals surface area contributed by atoms with Crippen molar-refractivity contribution in [3.05, 3.63) is 39.7 Å². The molecule has 0 heterocycles. The molecule has 1 aromatic rings. The lowest BCUT2D eigenvalue weighted by atomic mass is 9.68. The zero-order chi connectivity index (χ0) is 14.8. The molecule has 1 saturated carbocycles. The maximum absolute atomic E-state index is 13.6. The summed E-state index contributed by atoms with van der Waals surface area (Å²) in [6.45, 7) is 2.13. The minimum atomic E-state index is -0.829. The number of nitrogens with zero attached hydrogens (tertiary/aromatic N) is 2. The molecule has 0 bridgehead atoms. The summed E-state index contributed by atoms with van der Waals surface area (Å²) >= 11 is 0. The van der Waals surface area contributed by atoms with E-state index in [0.29, 0.717) is 17.9 Å². The number of nitro benzene ring substituents is 1. The first-order valence-corrected chi connectivity index (χ1v) is 6.80. The van der Waals surface area contributed by atoms with Crippen LogP contribution < -0.4 is 0 Å². The van der Waals surface area contributed by atoms with E-state index in [1.165, 1.54) is 12.1 Å². The van der Waals surface area contributed by atoms with Gasteiger partial charge in [-0.25, -0.2) is 0 Å². The van der Waals surface area contributed by atoms with Gasteiger partial charge in [0.05, 0.1) is 16.4 Å². The fourth-order valence-electron chi connectivity index (χ4n) is 3.16. The Kier molecular flexibility index (Phi) is 4.03. The van der Waals surface area contributed by atoms with Gasteiger partial charge in [-0.2, -0.15) is 9.65 Å². The highest BCUT2D eigenvalue weighted by atomic mass is 19.1. The van der Waals surface area contributed by atoms with Crippen molar-refractivity contribution in [1.29, 1.82) is 5.26 Å². The zero-order valence-electron chi connectivity index (χ0n) is 11.4. The molecular weight excluding hydrogens is 259 g/mol. The lowest BCUT2D eigenvalue weighted by molar-refractivity contribution is -0.387. The predicted octanol–water partition coefficient (Wildman–Crippen LogP) is 4.00. The van der Waals surface area contributed by atoms with Gasteiger partial charge in [0.25, 0.3) is 0 Å². The Morgan fingerprint density at radius 1 is 1.60 bits per heavy atom. The molecule has 1 fully saturated rings. The van der Waals surface area contributed by atoms with Crippen LogP contribution in [0.3, 0.4) is 0 Å². The first-order chi connectivity index (χ1) is 9.46. The fraction of sp³-hybridized carbons (Fsp3) is 0.533. The molecule has 2 unspecified atom stereocenters. The number of hydrogen-bond donors (Lipinski definition) is 0. The van der Waals surface area contributed by atoms with Gasteiger partial charge in [-0.05, 0) is 36.8 Å². The van der Waals surface area contributed by atoms with Crippen molar-refractivity contribution in [2.45, 2.75) is 39.0 Å². The van der Waals surface area contributed by atoms with Gasteiger partial charge in [-0.1, -0.05) is 25.8 Å². The summed E-state index contributed by atoms with van der Waals surface area (Å²) in [5.41, 5.74) is -0.319. The van der Waals surface area contributed by atoms with E-state index in [1.54, 1.807) is 6.07 Å². The molecule has 0 spiro atoms. The second-order valence-electron chi connectivity index (χ2n) is 5.81. The number of halogens is 1. The van der Waals surface area contributed by atoms with Gasteiger partial charge in [-0.3, -0.25) is 10.1 Å². The quantitative estimate of drug-likeness (QED) is 0.619. The monoisotopic (exact) mass is 276 g/mol. The lowest BCUT2D eigenvalue weighted by Crippen LogP contribution is -2.28. The summed E-state index contributed by atoms with van der Waals surface area (Å²) in [4.78, 5) is 9.86. The molecule has 0 amide bonds. The van der Waals surface area contributed by atoms with Crippen LogP contribution >= 0.6 is 0 Å². The van der Waals surface area contributed by atoms with Crippen molar-refractivity contribution < 1.29 is 9.31 Å². The first kappa shape index (κ1) is 14.4. The van der Waals surface area contributed by atoms with Crippen LogP contribution in [0.15, 0.2) is 18.2 Å². The molecule has 0 aromatic heterocycles. The Labute approximate surface area is 117 Å². The van der Waals surface area contributed by atoms with Gasteiger partial charge >= 0.3 is 5.69 Å². The molecule has 1 aliphatic rings. The number of hydrogen-bond acceptors (Lipinski definition) is 3. The van der Waals surface area contributed by atoms with Crippen LogP contribution in [0.1, 0.15) is 38.2 Å². The maximum Gasteiger partial charge on any atom is 0.304 e. The minimum absolute atomic E-state index is 0.458. The van der Waals surface area contributed by atoms with E-state index >= 15 is 0 Å².